The van der Waals surface area contributed by atoms with Crippen molar-refractivity contribution in [3.05, 3.63) is 149 Å². The predicted molar refractivity (Wildman–Crippen MR) is 351 cm³/mol. The molecule has 6 aliphatic heterocycles. The number of thioether (sulfide) groups is 1. The average molecular weight is 1250 g/mol. The molecule has 90 heavy (non-hydrogen) atoms. The van der Waals surface area contributed by atoms with Gasteiger partial charge in [-0.2, -0.15) is 0 Å². The van der Waals surface area contributed by atoms with Crippen molar-refractivity contribution < 1.29 is 43.2 Å². The molecule has 7 heterocycles. The second kappa shape index (κ2) is 31.3. The van der Waals surface area contributed by atoms with Crippen molar-refractivity contribution >= 4 is 51.6 Å². The number of aromatic nitrogens is 2. The summed E-state index contributed by atoms with van der Waals surface area (Å²) in [4.78, 5) is 69.7. The van der Waals surface area contributed by atoms with E-state index in [4.69, 9.17) is 28.7 Å². The molecule has 0 unspecified atom stereocenters. The summed E-state index contributed by atoms with van der Waals surface area (Å²) in [6, 6.07) is 28.7. The maximum Gasteiger partial charge on any atom is 0.255 e. The lowest BCUT2D eigenvalue weighted by Gasteiger charge is -2.35. The number of carbonyl (C=O) groups is 3. The minimum absolute atomic E-state index is 0.0131. The first-order chi connectivity index (χ1) is 43.9. The zero-order chi connectivity index (χ0) is 62.3. The molecular weight excluding hydrogens is 1160 g/mol. The molecule has 0 radical (unpaired) electrons. The Morgan fingerprint density at radius 2 is 1.56 bits per heavy atom. The second-order valence-electron chi connectivity index (χ2n) is 24.3. The van der Waals surface area contributed by atoms with E-state index in [2.05, 4.69) is 65.0 Å². The summed E-state index contributed by atoms with van der Waals surface area (Å²) in [5.74, 6) is 0.837. The van der Waals surface area contributed by atoms with Gasteiger partial charge in [0.1, 0.15) is 36.8 Å². The molecule has 5 aromatic rings. The number of aliphatic hydroxyl groups is 1. The summed E-state index contributed by atoms with van der Waals surface area (Å²) < 4.78 is 31.3. The number of fused-ring (bicyclic) bond motifs is 10. The molecule has 4 fully saturated rings. The van der Waals surface area contributed by atoms with Crippen LogP contribution in [-0.2, 0) is 50.1 Å². The van der Waals surface area contributed by atoms with Crippen LogP contribution in [0.1, 0.15) is 71.8 Å². The summed E-state index contributed by atoms with van der Waals surface area (Å²) in [6.07, 6.45) is 6.12. The molecule has 5 atom stereocenters. The van der Waals surface area contributed by atoms with E-state index in [1.165, 1.54) is 16.7 Å². The highest BCUT2D eigenvalue weighted by Crippen LogP contribution is 2.34. The smallest absolute Gasteiger partial charge is 0.255 e. The number of carbonyl (C=O) groups excluding carboxylic acids is 3. The standard InChI is InChI=1S/C69H87N11O9S/c1-5-70-47-90-49(4)51-15-16-53(40-72-66(82)62-39-59(81)44-79(62)68(84)65(48(2)3)80-41-54-12-6-7-14-60(54)67(80)83)64(37-51)89-34-28-78-43-57-38-58(78)42-77(57)27-32-85-31-25-75-21-23-76(24-22-75)26-33-88-63-18-17-56-36-55(63)46-87-30-9-8-29-86-45-50-11-10-13-52(35-50)61-19-20-71-69(73-56)74-61/h6-20,35-37,47-48,57-59,62,65,81H,4-5,21-34,38-46H2,1-3H3,(H,72,82)(H,71,73,74)/b9-8+,70-47-/t57-,58-,59+,62-,65-/m0/s1. The SMILES string of the molecule is C=C(S/C=N\CC)c1ccc(CNC(=O)[C@@H]2C[C@@H](O)CN2C(=O)[C@H](C(C)C)N2Cc3ccccc3C2=O)c(OCCN2C[C@@H]3C[C@H]2CN3CCOCCN2CCN(CCOc3ccc4cc3COC/C=C/COCc3cccc(c3)-c3ccnc(n3)N4)CC2)c1. The van der Waals surface area contributed by atoms with Gasteiger partial charge in [0.2, 0.25) is 17.8 Å². The van der Waals surface area contributed by atoms with E-state index in [0.717, 1.165) is 127 Å². The molecule has 1 aromatic heterocycles. The number of rotatable bonds is 24. The fourth-order valence-electron chi connectivity index (χ4n) is 13.0. The predicted octanol–water partition coefficient (Wildman–Crippen LogP) is 7.35. The molecule has 0 spiro atoms. The molecule has 0 aliphatic carbocycles. The van der Waals surface area contributed by atoms with Gasteiger partial charge in [0.15, 0.2) is 0 Å². The quantitative estimate of drug-likeness (QED) is 0.0240. The molecule has 478 valence electrons. The molecule has 11 rings (SSSR count). The molecule has 0 saturated carbocycles. The van der Waals surface area contributed by atoms with Gasteiger partial charge in [-0.05, 0) is 78.4 Å². The van der Waals surface area contributed by atoms with E-state index in [1.54, 1.807) is 22.7 Å². The van der Waals surface area contributed by atoms with Crippen LogP contribution in [0.25, 0.3) is 16.2 Å². The fourth-order valence-corrected chi connectivity index (χ4v) is 13.6. The number of aliphatic imine (C=N–C) groups is 1. The van der Waals surface area contributed by atoms with Gasteiger partial charge in [-0.3, -0.25) is 39.0 Å². The summed E-state index contributed by atoms with van der Waals surface area (Å²) in [5.41, 5.74) is 9.66. The number of aliphatic hydroxyl groups excluding tert-OH is 1. The van der Waals surface area contributed by atoms with Crippen LogP contribution in [0, 0.1) is 5.92 Å². The number of piperazine rings is 2. The molecule has 21 heteroatoms. The molecule has 6 aliphatic rings. The van der Waals surface area contributed by atoms with Gasteiger partial charge >= 0.3 is 0 Å². The summed E-state index contributed by atoms with van der Waals surface area (Å²) in [5, 5.41) is 17.3. The Balaban J connectivity index is 0.595. The summed E-state index contributed by atoms with van der Waals surface area (Å²) >= 11 is 1.45. The van der Waals surface area contributed by atoms with E-state index in [0.29, 0.717) is 95.3 Å². The van der Waals surface area contributed by atoms with Crippen molar-refractivity contribution in [1.29, 1.82) is 0 Å². The van der Waals surface area contributed by atoms with Crippen molar-refractivity contribution in [2.45, 2.75) is 90.2 Å². The number of hydrogen-bond acceptors (Lipinski definition) is 18. The van der Waals surface area contributed by atoms with E-state index >= 15 is 0 Å². The van der Waals surface area contributed by atoms with Crippen LogP contribution in [0.4, 0.5) is 11.6 Å². The lowest BCUT2D eigenvalue weighted by molar-refractivity contribution is -0.143. The number of ether oxygens (including phenoxy) is 5. The molecule has 3 N–H and O–H groups in total. The Bertz CT molecular complexity index is 3340. The van der Waals surface area contributed by atoms with Crippen LogP contribution in [0.5, 0.6) is 11.5 Å². The summed E-state index contributed by atoms with van der Waals surface area (Å²) in [7, 11) is 0. The van der Waals surface area contributed by atoms with E-state index in [9.17, 15) is 19.5 Å². The number of nitrogens with one attached hydrogen (secondary N) is 2. The van der Waals surface area contributed by atoms with E-state index in [1.807, 2.05) is 99.7 Å². The number of benzene rings is 4. The van der Waals surface area contributed by atoms with Crippen molar-refractivity contribution in [1.82, 2.24) is 44.7 Å². The largest absolute Gasteiger partial charge is 0.492 e. The Labute approximate surface area is 533 Å². The summed E-state index contributed by atoms with van der Waals surface area (Å²) in [6.45, 7) is 24.9. The average Bonchev–Trinajstić information content (AvgIpc) is 2.18. The molecule has 20 nitrogen and oxygen atoms in total. The van der Waals surface area contributed by atoms with Gasteiger partial charge in [-0.15, -0.1) is 0 Å². The molecule has 4 aromatic carbocycles. The second-order valence-corrected chi connectivity index (χ2v) is 25.2. The van der Waals surface area contributed by atoms with Crippen LogP contribution < -0.4 is 20.1 Å². The molecular formula is C69H87N11O9S. The van der Waals surface area contributed by atoms with E-state index < -0.39 is 18.2 Å². The number of amides is 3. The number of hydrogen-bond donors (Lipinski definition) is 3. The Kier molecular flexibility index (Phi) is 22.4. The third-order valence-electron chi connectivity index (χ3n) is 17.9. The third-order valence-corrected chi connectivity index (χ3v) is 18.6. The minimum Gasteiger partial charge on any atom is -0.492 e. The Morgan fingerprint density at radius 1 is 0.822 bits per heavy atom. The highest BCUT2D eigenvalue weighted by molar-refractivity contribution is 8.20. The fraction of sp³-hybridized carbons (Fsp3) is 0.478. The number of nitrogens with zero attached hydrogens (tertiary/aromatic N) is 9. The Morgan fingerprint density at radius 3 is 2.32 bits per heavy atom. The Hall–Kier alpha value is -7.05. The number of likely N-dealkylation sites (tertiary alicyclic amines) is 3. The first-order valence-corrected chi connectivity index (χ1v) is 32.8. The molecule has 3 amide bonds. The lowest BCUT2D eigenvalue weighted by atomic mass is 10.0. The van der Waals surface area contributed by atoms with Crippen molar-refractivity contribution in [2.75, 3.05) is 123 Å². The maximum atomic E-state index is 14.4. The first-order valence-electron chi connectivity index (χ1n) is 32.0. The van der Waals surface area contributed by atoms with Crippen LogP contribution in [0.2, 0.25) is 0 Å². The zero-order valence-corrected chi connectivity index (χ0v) is 53.1. The van der Waals surface area contributed by atoms with Gasteiger partial charge in [-0.25, -0.2) is 9.97 Å². The number of anilines is 2. The normalized spacial score (nSPS) is 21.5. The number of β-amino-alcohol motifs (C(OH)–C–C–N with tert-alkyl or cyclic N) is 1. The lowest BCUT2D eigenvalue weighted by Crippen LogP contribution is -2.55. The maximum absolute atomic E-state index is 14.4. The first kappa shape index (κ1) is 64.5. The van der Waals surface area contributed by atoms with Crippen molar-refractivity contribution in [2.24, 2.45) is 10.9 Å². The van der Waals surface area contributed by atoms with Gasteiger partial charge in [0.05, 0.1) is 57.0 Å². The van der Waals surface area contributed by atoms with Gasteiger partial charge in [-0.1, -0.05) is 92.9 Å². The third kappa shape index (κ3) is 16.5. The molecule has 4 saturated heterocycles. The highest BCUT2D eigenvalue weighted by Gasteiger charge is 2.46. The zero-order valence-electron chi connectivity index (χ0n) is 52.3. The monoisotopic (exact) mass is 1250 g/mol. The minimum atomic E-state index is -0.897. The van der Waals surface area contributed by atoms with E-state index in [-0.39, 0.29) is 43.1 Å². The van der Waals surface area contributed by atoms with Crippen LogP contribution in [0.3, 0.4) is 0 Å². The van der Waals surface area contributed by atoms with Crippen molar-refractivity contribution in [3.63, 3.8) is 0 Å². The van der Waals surface area contributed by atoms with Crippen LogP contribution >= 0.6 is 11.8 Å². The topological polar surface area (TPSA) is 199 Å². The van der Waals surface area contributed by atoms with Crippen LogP contribution in [0.15, 0.2) is 121 Å². The van der Waals surface area contributed by atoms with Gasteiger partial charge in [0.25, 0.3) is 5.91 Å². The van der Waals surface area contributed by atoms with Crippen LogP contribution in [-0.4, -0.2) is 216 Å². The van der Waals surface area contributed by atoms with Gasteiger partial charge < -0.3 is 49.2 Å². The van der Waals surface area contributed by atoms with Gasteiger partial charge in [0, 0.05) is 149 Å². The highest BCUT2D eigenvalue weighted by atomic mass is 32.2. The molecule has 8 bridgehead atoms. The van der Waals surface area contributed by atoms with Crippen molar-refractivity contribution in [3.8, 4) is 22.8 Å².